The van der Waals surface area contributed by atoms with Crippen molar-refractivity contribution in [3.63, 3.8) is 0 Å². The van der Waals surface area contributed by atoms with Crippen molar-refractivity contribution in [3.8, 4) is 0 Å². The SMILES string of the molecule is OC[C@H]1O[C@@H](O[C@H]2[C@@H](OC[C@H]3O[C@@H](O[C@H]4[C@H](O)[C@@H](O)[C@H](O[C@H]5[C@H](O)[C@@H](O)C(O)O[C@@H]5CO)O[C@@H]4CO[C@H]4OC[C@@H](O)[C@H](O)[C@H]4O)[C@H](O)[C@H](O)[C@@H]3O[C@@H]3O[C@H](CO)[C@@H](O)[C@H](O)[C@H]3O)OC[C@@H](O)[C@@H]2O)[C@H](O)[C@@H](O)[C@H]1O. The lowest BCUT2D eigenvalue weighted by atomic mass is 9.95. The molecule has 7 saturated heterocycles. The normalized spacial score (nSPS) is 53.7. The Morgan fingerprint density at radius 3 is 1.07 bits per heavy atom. The minimum absolute atomic E-state index is 0.556. The van der Waals surface area contributed by atoms with Crippen LogP contribution >= 0.6 is 0 Å². The smallest absolute Gasteiger partial charge is 0.187 e. The van der Waals surface area contributed by atoms with Crippen molar-refractivity contribution in [1.82, 2.24) is 0 Å². The third kappa shape index (κ3) is 12.6. The van der Waals surface area contributed by atoms with Gasteiger partial charge in [-0.1, -0.05) is 0 Å². The molecule has 0 aromatic heterocycles. The highest BCUT2D eigenvalue weighted by atomic mass is 16.8. The van der Waals surface area contributed by atoms with Crippen molar-refractivity contribution < 1.29 is 169 Å². The van der Waals surface area contributed by atoms with E-state index in [1.807, 2.05) is 0 Å². The Hall–Kier alpha value is -1.36. The molecule has 34 heteroatoms. The molecule has 0 radical (unpaired) electrons. The maximum Gasteiger partial charge on any atom is 0.187 e. The third-order valence-electron chi connectivity index (χ3n) is 13.7. The van der Waals surface area contributed by atoms with Crippen LogP contribution < -0.4 is 0 Å². The molecule has 7 aliphatic heterocycles. The van der Waals surface area contributed by atoms with Gasteiger partial charge in [0.2, 0.25) is 0 Å². The fourth-order valence-corrected chi connectivity index (χ4v) is 9.21. The van der Waals surface area contributed by atoms with Gasteiger partial charge in [-0.2, -0.15) is 0 Å². The topological polar surface area (TPSA) is 545 Å². The van der Waals surface area contributed by atoms with Crippen molar-refractivity contribution in [2.24, 2.45) is 0 Å². The Bertz CT molecular complexity index is 1710. The molecule has 0 aromatic carbocycles. The van der Waals surface area contributed by atoms with Gasteiger partial charge in [-0.05, 0) is 0 Å². The van der Waals surface area contributed by atoms with E-state index in [-0.39, 0.29) is 0 Å². The Labute approximate surface area is 417 Å². The lowest BCUT2D eigenvalue weighted by Gasteiger charge is -2.49. The molecular weight excluding hydrogens is 1020 g/mol. The molecule has 0 spiro atoms. The molecule has 0 amide bonds. The van der Waals surface area contributed by atoms with E-state index < -0.39 is 249 Å². The lowest BCUT2D eigenvalue weighted by molar-refractivity contribution is -0.394. The minimum atomic E-state index is -2.32. The molecule has 7 heterocycles. The lowest BCUT2D eigenvalue weighted by Crippen LogP contribution is -2.68. The summed E-state index contributed by atoms with van der Waals surface area (Å²) in [5, 5.41) is 222. The molecule has 0 aromatic rings. The van der Waals surface area contributed by atoms with Crippen LogP contribution in [0.25, 0.3) is 0 Å². The molecule has 74 heavy (non-hydrogen) atoms. The summed E-state index contributed by atoms with van der Waals surface area (Å²) in [7, 11) is 0. The van der Waals surface area contributed by atoms with Gasteiger partial charge in [-0.25, -0.2) is 0 Å². The molecule has 21 N–H and O–H groups in total. The predicted molar refractivity (Wildman–Crippen MR) is 220 cm³/mol. The van der Waals surface area contributed by atoms with Crippen molar-refractivity contribution in [2.45, 2.75) is 203 Å². The molecule has 7 rings (SSSR count). The Morgan fingerprint density at radius 1 is 0.284 bits per heavy atom. The Kier molecular flexibility index (Phi) is 21.0. The molecule has 34 nitrogen and oxygen atoms in total. The highest BCUT2D eigenvalue weighted by molar-refractivity contribution is 4.99. The van der Waals surface area contributed by atoms with Crippen LogP contribution in [0.3, 0.4) is 0 Å². The first-order valence-corrected chi connectivity index (χ1v) is 23.5. The van der Waals surface area contributed by atoms with Gasteiger partial charge in [-0.3, -0.25) is 0 Å². The summed E-state index contributed by atoms with van der Waals surface area (Å²) in [6, 6.07) is 0. The molecule has 0 aliphatic carbocycles. The van der Waals surface area contributed by atoms with Crippen LogP contribution in [0.4, 0.5) is 0 Å². The molecule has 432 valence electrons. The van der Waals surface area contributed by atoms with E-state index in [4.69, 9.17) is 61.6 Å². The van der Waals surface area contributed by atoms with Crippen LogP contribution in [-0.4, -0.2) is 356 Å². The first kappa shape index (κ1) is 60.3. The minimum Gasteiger partial charge on any atom is -0.394 e. The fourth-order valence-electron chi connectivity index (χ4n) is 9.21. The summed E-state index contributed by atoms with van der Waals surface area (Å²) >= 11 is 0. The first-order chi connectivity index (χ1) is 35.0. The average Bonchev–Trinajstić information content (AvgIpc) is 3.38. The summed E-state index contributed by atoms with van der Waals surface area (Å²) in [6.07, 6.45) is -63.7. The average molecular weight is 1090 g/mol. The second-order valence-electron chi connectivity index (χ2n) is 18.8. The standard InChI is InChI=1S/C40H68O34/c41-1-10-17(48)19(50)26(57)36(67-10)72-32-14(7-65-40-33(16(47)9(45)5-63-40)74-37-27(58)20(51)18(49)11(2-42)68-37)70-39(29(60)23(32)54)73-31-13(6-64-35-25(56)15(46)8(44)4-62-35)69-38(28(59)22(31)53)71-30-12(3-43)66-34(61)24(55)21(30)52/h8-61H,1-7H2/t8-,9-,10-,11-,12-,13-,14-,15+,16+,17-,18+,19+,20+,21-,22-,23+,24-,25-,26-,27-,28-,29-,30-,31-,32-,33-,34?,35-,36+,37+,38+,39+,40-/m1/s1. The van der Waals surface area contributed by atoms with Crippen molar-refractivity contribution >= 4 is 0 Å². The van der Waals surface area contributed by atoms with Crippen molar-refractivity contribution in [1.29, 1.82) is 0 Å². The van der Waals surface area contributed by atoms with E-state index >= 15 is 0 Å². The van der Waals surface area contributed by atoms with Gasteiger partial charge < -0.3 is 169 Å². The monoisotopic (exact) mass is 1090 g/mol. The number of hydrogen-bond donors (Lipinski definition) is 21. The number of aliphatic hydroxyl groups excluding tert-OH is 21. The van der Waals surface area contributed by atoms with Crippen molar-refractivity contribution in [2.75, 3.05) is 46.2 Å². The van der Waals surface area contributed by atoms with E-state index in [0.717, 1.165) is 0 Å². The summed E-state index contributed by atoms with van der Waals surface area (Å²) in [6.45, 7) is -5.80. The predicted octanol–water partition coefficient (Wildman–Crippen LogP) is -15.0. The van der Waals surface area contributed by atoms with Crippen molar-refractivity contribution in [3.05, 3.63) is 0 Å². The quantitative estimate of drug-likeness (QED) is 0.0643. The van der Waals surface area contributed by atoms with Crippen LogP contribution in [0.5, 0.6) is 0 Å². The van der Waals surface area contributed by atoms with E-state index in [0.29, 0.717) is 0 Å². The maximum atomic E-state index is 11.7. The summed E-state index contributed by atoms with van der Waals surface area (Å²) in [4.78, 5) is 0. The molecule has 1 unspecified atom stereocenters. The van der Waals surface area contributed by atoms with Gasteiger partial charge in [0.15, 0.2) is 44.0 Å². The van der Waals surface area contributed by atoms with E-state index in [1.54, 1.807) is 0 Å². The zero-order valence-electron chi connectivity index (χ0n) is 38.7. The van der Waals surface area contributed by atoms with Crippen LogP contribution in [0.2, 0.25) is 0 Å². The zero-order valence-corrected chi connectivity index (χ0v) is 38.7. The highest BCUT2D eigenvalue weighted by Gasteiger charge is 2.57. The number of aliphatic hydroxyl groups is 21. The molecule has 7 fully saturated rings. The second kappa shape index (κ2) is 25.8. The van der Waals surface area contributed by atoms with E-state index in [9.17, 15) is 107 Å². The van der Waals surface area contributed by atoms with Gasteiger partial charge in [-0.15, -0.1) is 0 Å². The Balaban J connectivity index is 1.15. The zero-order chi connectivity index (χ0) is 54.2. The number of rotatable bonds is 17. The summed E-state index contributed by atoms with van der Waals surface area (Å²) in [5.74, 6) is 0. The maximum absolute atomic E-state index is 11.7. The molecular formula is C40H68O34. The van der Waals surface area contributed by atoms with Crippen LogP contribution in [0, 0.1) is 0 Å². The van der Waals surface area contributed by atoms with Crippen LogP contribution in [0.15, 0.2) is 0 Å². The van der Waals surface area contributed by atoms with Gasteiger partial charge in [0, 0.05) is 0 Å². The number of hydrogen-bond acceptors (Lipinski definition) is 34. The largest absolute Gasteiger partial charge is 0.394 e. The molecule has 0 bridgehead atoms. The van der Waals surface area contributed by atoms with Crippen LogP contribution in [-0.2, 0) is 61.6 Å². The van der Waals surface area contributed by atoms with Gasteiger partial charge in [0.05, 0.1) is 46.2 Å². The summed E-state index contributed by atoms with van der Waals surface area (Å²) in [5.41, 5.74) is 0. The molecule has 33 atom stereocenters. The number of ether oxygens (including phenoxy) is 13. The second-order valence-corrected chi connectivity index (χ2v) is 18.8. The molecule has 7 aliphatic rings. The fraction of sp³-hybridized carbons (Fsp3) is 1.00. The highest BCUT2D eigenvalue weighted by Crippen LogP contribution is 2.36. The van der Waals surface area contributed by atoms with E-state index in [1.165, 1.54) is 0 Å². The first-order valence-electron chi connectivity index (χ1n) is 23.5. The summed E-state index contributed by atoms with van der Waals surface area (Å²) < 4.78 is 73.3. The van der Waals surface area contributed by atoms with Gasteiger partial charge in [0.1, 0.15) is 159 Å². The third-order valence-corrected chi connectivity index (χ3v) is 13.7. The van der Waals surface area contributed by atoms with Gasteiger partial charge >= 0.3 is 0 Å². The molecule has 0 saturated carbocycles. The van der Waals surface area contributed by atoms with Crippen LogP contribution in [0.1, 0.15) is 0 Å². The van der Waals surface area contributed by atoms with E-state index in [2.05, 4.69) is 0 Å². The van der Waals surface area contributed by atoms with Gasteiger partial charge in [0.25, 0.3) is 0 Å². The Morgan fingerprint density at radius 2 is 0.622 bits per heavy atom.